The molecule has 1 aliphatic rings. The minimum atomic E-state index is -0.589. The minimum absolute atomic E-state index is 0.340. The van der Waals surface area contributed by atoms with Crippen LogP contribution in [-0.4, -0.2) is 23.8 Å². The predicted octanol–water partition coefficient (Wildman–Crippen LogP) is 2.78. The van der Waals surface area contributed by atoms with Gasteiger partial charge in [0.05, 0.1) is 12.7 Å². The molecule has 0 saturated carbocycles. The van der Waals surface area contributed by atoms with E-state index < -0.39 is 12.2 Å². The Kier molecular flexibility index (Phi) is 5.01. The lowest BCUT2D eigenvalue weighted by molar-refractivity contribution is -0.151. The molecule has 1 aromatic carbocycles. The molecular formula is C16H22O4. The zero-order valence-corrected chi connectivity index (χ0v) is 12.1. The van der Waals surface area contributed by atoms with Crippen LogP contribution < -0.4 is 4.74 Å². The third kappa shape index (κ3) is 3.31. The van der Waals surface area contributed by atoms with Crippen molar-refractivity contribution >= 4 is 5.97 Å². The molecule has 0 radical (unpaired) electrons. The van der Waals surface area contributed by atoms with E-state index in [0.717, 1.165) is 24.8 Å². The van der Waals surface area contributed by atoms with E-state index in [9.17, 15) is 9.90 Å². The molecule has 0 heterocycles. The summed E-state index contributed by atoms with van der Waals surface area (Å²) in [6.45, 7) is 4.01. The Bertz CT molecular complexity index is 470. The molecular weight excluding hydrogens is 256 g/mol. The number of fused-ring (bicyclic) bond motifs is 1. The van der Waals surface area contributed by atoms with Crippen molar-refractivity contribution in [2.24, 2.45) is 0 Å². The smallest absolute Gasteiger partial charge is 0.347 e. The van der Waals surface area contributed by atoms with Gasteiger partial charge in [-0.25, -0.2) is 4.79 Å². The van der Waals surface area contributed by atoms with E-state index in [2.05, 4.69) is 0 Å². The first-order valence-corrected chi connectivity index (χ1v) is 7.29. The first kappa shape index (κ1) is 14.9. The Morgan fingerprint density at radius 1 is 1.45 bits per heavy atom. The van der Waals surface area contributed by atoms with Gasteiger partial charge in [-0.2, -0.15) is 0 Å². The molecule has 110 valence electrons. The normalized spacial score (nSPS) is 19.1. The van der Waals surface area contributed by atoms with Crippen LogP contribution in [0.4, 0.5) is 0 Å². The Hall–Kier alpha value is -1.55. The van der Waals surface area contributed by atoms with Crippen molar-refractivity contribution in [3.63, 3.8) is 0 Å². The monoisotopic (exact) mass is 278 g/mol. The molecule has 1 aromatic rings. The molecule has 2 rings (SSSR count). The summed E-state index contributed by atoms with van der Waals surface area (Å²) in [6, 6.07) is 5.69. The summed E-state index contributed by atoms with van der Waals surface area (Å²) < 4.78 is 10.7. The molecule has 20 heavy (non-hydrogen) atoms. The average molecular weight is 278 g/mol. The van der Waals surface area contributed by atoms with Crippen LogP contribution in [0, 0.1) is 0 Å². The number of carbonyl (C=O) groups excluding carboxylic acids is 1. The summed E-state index contributed by atoms with van der Waals surface area (Å²) in [4.78, 5) is 11.7. The number of ether oxygens (including phenoxy) is 2. The Morgan fingerprint density at radius 2 is 2.25 bits per heavy atom. The number of aryl methyl sites for hydroxylation is 1. The average Bonchev–Trinajstić information content (AvgIpc) is 2.45. The van der Waals surface area contributed by atoms with Crippen LogP contribution in [0.3, 0.4) is 0 Å². The molecule has 0 aromatic heterocycles. The molecule has 4 heteroatoms. The van der Waals surface area contributed by atoms with Gasteiger partial charge in [0.2, 0.25) is 0 Å². The summed E-state index contributed by atoms with van der Waals surface area (Å²) in [5.41, 5.74) is 2.09. The molecule has 2 unspecified atom stereocenters. The van der Waals surface area contributed by atoms with E-state index in [-0.39, 0.29) is 5.97 Å². The van der Waals surface area contributed by atoms with Crippen LogP contribution in [0.25, 0.3) is 0 Å². The highest BCUT2D eigenvalue weighted by Crippen LogP contribution is 2.32. The predicted molar refractivity (Wildman–Crippen MR) is 75.7 cm³/mol. The van der Waals surface area contributed by atoms with Crippen molar-refractivity contribution in [1.82, 2.24) is 0 Å². The summed E-state index contributed by atoms with van der Waals surface area (Å²) >= 11 is 0. The number of carbonyl (C=O) groups is 1. The van der Waals surface area contributed by atoms with Crippen LogP contribution in [0.5, 0.6) is 5.75 Å². The zero-order valence-electron chi connectivity index (χ0n) is 12.1. The van der Waals surface area contributed by atoms with Crippen LogP contribution in [0.1, 0.15) is 50.3 Å². The third-order valence-corrected chi connectivity index (χ3v) is 3.60. The van der Waals surface area contributed by atoms with Crippen molar-refractivity contribution < 1.29 is 19.4 Å². The van der Waals surface area contributed by atoms with Gasteiger partial charge >= 0.3 is 5.97 Å². The van der Waals surface area contributed by atoms with Crippen LogP contribution in [0.2, 0.25) is 0 Å². The quantitative estimate of drug-likeness (QED) is 0.841. The number of benzene rings is 1. The molecule has 0 bridgehead atoms. The maximum atomic E-state index is 11.7. The lowest BCUT2D eigenvalue weighted by Crippen LogP contribution is -2.28. The first-order valence-electron chi connectivity index (χ1n) is 7.29. The topological polar surface area (TPSA) is 55.8 Å². The Labute approximate surface area is 119 Å². The third-order valence-electron chi connectivity index (χ3n) is 3.60. The minimum Gasteiger partial charge on any atom is -0.479 e. The second-order valence-electron chi connectivity index (χ2n) is 5.04. The highest BCUT2D eigenvalue weighted by molar-refractivity contribution is 5.75. The molecule has 0 fully saturated rings. The maximum Gasteiger partial charge on any atom is 0.347 e. The molecule has 0 amide bonds. The fourth-order valence-corrected chi connectivity index (χ4v) is 2.52. The van der Waals surface area contributed by atoms with E-state index >= 15 is 0 Å². The number of rotatable bonds is 5. The molecule has 0 aliphatic heterocycles. The lowest BCUT2D eigenvalue weighted by Gasteiger charge is -2.23. The fraction of sp³-hybridized carbons (Fsp3) is 0.562. The van der Waals surface area contributed by atoms with Crippen molar-refractivity contribution in [2.45, 2.75) is 51.7 Å². The first-order chi connectivity index (χ1) is 9.65. The van der Waals surface area contributed by atoms with Crippen molar-refractivity contribution in [3.8, 4) is 5.75 Å². The Balaban J connectivity index is 2.13. The summed E-state index contributed by atoms with van der Waals surface area (Å²) in [7, 11) is 0. The van der Waals surface area contributed by atoms with Crippen molar-refractivity contribution in [2.75, 3.05) is 6.61 Å². The standard InChI is InChI=1S/C16H22O4/c1-3-15(16(18)19-4-2)20-12-9-8-11-6-5-7-14(17)13(11)10-12/h8-10,14-15,17H,3-7H2,1-2H3. The summed E-state index contributed by atoms with van der Waals surface area (Å²) in [6.07, 6.45) is 2.32. The molecule has 4 nitrogen and oxygen atoms in total. The number of aliphatic hydroxyl groups excluding tert-OH is 1. The van der Waals surface area contributed by atoms with Crippen LogP contribution >= 0.6 is 0 Å². The van der Waals surface area contributed by atoms with Gasteiger partial charge in [0.25, 0.3) is 0 Å². The molecule has 1 aliphatic carbocycles. The summed E-state index contributed by atoms with van der Waals surface area (Å²) in [5, 5.41) is 10.0. The highest BCUT2D eigenvalue weighted by Gasteiger charge is 2.22. The van der Waals surface area contributed by atoms with Gasteiger partial charge in [0.1, 0.15) is 5.75 Å². The SMILES string of the molecule is CCOC(=O)C(CC)Oc1ccc2c(c1)C(O)CCC2. The zero-order chi connectivity index (χ0) is 14.5. The van der Waals surface area contributed by atoms with E-state index in [0.29, 0.717) is 18.8 Å². The number of esters is 1. The molecule has 0 spiro atoms. The molecule has 1 N–H and O–H groups in total. The fourth-order valence-electron chi connectivity index (χ4n) is 2.52. The number of hydrogen-bond acceptors (Lipinski definition) is 4. The molecule has 2 atom stereocenters. The Morgan fingerprint density at radius 3 is 2.95 bits per heavy atom. The van der Waals surface area contributed by atoms with Gasteiger partial charge in [-0.3, -0.25) is 0 Å². The van der Waals surface area contributed by atoms with Gasteiger partial charge in [-0.05, 0) is 55.9 Å². The number of aliphatic hydroxyl groups is 1. The van der Waals surface area contributed by atoms with Gasteiger partial charge in [0.15, 0.2) is 6.10 Å². The van der Waals surface area contributed by atoms with Gasteiger partial charge in [-0.15, -0.1) is 0 Å². The van der Waals surface area contributed by atoms with Gasteiger partial charge in [0, 0.05) is 0 Å². The van der Waals surface area contributed by atoms with Gasteiger partial charge < -0.3 is 14.6 Å². The van der Waals surface area contributed by atoms with E-state index in [1.165, 1.54) is 5.56 Å². The number of hydrogen-bond donors (Lipinski definition) is 1. The van der Waals surface area contributed by atoms with Gasteiger partial charge in [-0.1, -0.05) is 13.0 Å². The van der Waals surface area contributed by atoms with Crippen LogP contribution in [-0.2, 0) is 16.0 Å². The molecule has 0 saturated heterocycles. The van der Waals surface area contributed by atoms with Crippen molar-refractivity contribution in [3.05, 3.63) is 29.3 Å². The lowest BCUT2D eigenvalue weighted by atomic mass is 9.89. The maximum absolute atomic E-state index is 11.7. The van der Waals surface area contributed by atoms with E-state index in [1.54, 1.807) is 6.92 Å². The van der Waals surface area contributed by atoms with E-state index in [4.69, 9.17) is 9.47 Å². The van der Waals surface area contributed by atoms with Crippen molar-refractivity contribution in [1.29, 1.82) is 0 Å². The largest absolute Gasteiger partial charge is 0.479 e. The second-order valence-corrected chi connectivity index (χ2v) is 5.04. The summed E-state index contributed by atoms with van der Waals surface area (Å²) in [5.74, 6) is 0.276. The van der Waals surface area contributed by atoms with Crippen LogP contribution in [0.15, 0.2) is 18.2 Å². The second kappa shape index (κ2) is 6.75. The van der Waals surface area contributed by atoms with E-state index in [1.807, 2.05) is 25.1 Å². The highest BCUT2D eigenvalue weighted by atomic mass is 16.6.